The van der Waals surface area contributed by atoms with E-state index in [1.54, 1.807) is 11.8 Å². The smallest absolute Gasteiger partial charge is 0.168 e. The molecule has 0 atom stereocenters. The largest absolute Gasteiger partial charge is 0.390 e. The van der Waals surface area contributed by atoms with E-state index in [1.165, 1.54) is 11.1 Å². The molecule has 3 rings (SSSR count). The van der Waals surface area contributed by atoms with Crippen LogP contribution in [0.2, 0.25) is 0 Å². The zero-order valence-electron chi connectivity index (χ0n) is 14.0. The summed E-state index contributed by atoms with van der Waals surface area (Å²) in [5.41, 5.74) is 3.18. The lowest BCUT2D eigenvalue weighted by Gasteiger charge is -2.22. The van der Waals surface area contributed by atoms with Gasteiger partial charge >= 0.3 is 0 Å². The first-order valence-electron chi connectivity index (χ1n) is 8.33. The van der Waals surface area contributed by atoms with E-state index < -0.39 is 0 Å². The second-order valence-electron chi connectivity index (χ2n) is 5.95. The fraction of sp³-hybridized carbons (Fsp3) is 0.500. The van der Waals surface area contributed by atoms with Crippen molar-refractivity contribution in [1.82, 2.24) is 9.55 Å². The predicted molar refractivity (Wildman–Crippen MR) is 94.1 cm³/mol. The number of benzene rings is 1. The van der Waals surface area contributed by atoms with Crippen molar-refractivity contribution >= 4 is 11.8 Å². The highest BCUT2D eigenvalue weighted by Crippen LogP contribution is 2.22. The van der Waals surface area contributed by atoms with Gasteiger partial charge in [-0.15, -0.1) is 0 Å². The summed E-state index contributed by atoms with van der Waals surface area (Å²) in [5.74, 6) is 0.875. The molecule has 24 heavy (non-hydrogen) atoms. The Morgan fingerprint density at radius 2 is 2.00 bits per heavy atom. The quantitative estimate of drug-likeness (QED) is 0.780. The van der Waals surface area contributed by atoms with Crippen LogP contribution < -0.4 is 0 Å². The number of thioether (sulfide) groups is 1. The summed E-state index contributed by atoms with van der Waals surface area (Å²) in [4.78, 5) is 4.52. The van der Waals surface area contributed by atoms with Gasteiger partial charge < -0.3 is 19.1 Å². The molecular formula is C18H24N2O3S. The molecule has 0 aliphatic carbocycles. The maximum absolute atomic E-state index is 9.38. The van der Waals surface area contributed by atoms with Gasteiger partial charge in [-0.1, -0.05) is 41.6 Å². The molecule has 1 aliphatic heterocycles. The summed E-state index contributed by atoms with van der Waals surface area (Å²) in [7, 11) is 0. The number of aliphatic hydroxyl groups excluding tert-OH is 1. The average Bonchev–Trinajstić information content (AvgIpc) is 3.00. The fourth-order valence-electron chi connectivity index (χ4n) is 2.60. The Bertz CT molecular complexity index is 636. The maximum atomic E-state index is 9.38. The van der Waals surface area contributed by atoms with Gasteiger partial charge in [-0.25, -0.2) is 4.98 Å². The van der Waals surface area contributed by atoms with Crippen LogP contribution in [0.15, 0.2) is 35.6 Å². The van der Waals surface area contributed by atoms with Crippen LogP contribution >= 0.6 is 11.8 Å². The van der Waals surface area contributed by atoms with E-state index in [9.17, 15) is 5.11 Å². The monoisotopic (exact) mass is 348 g/mol. The van der Waals surface area contributed by atoms with Crippen LogP contribution in [-0.4, -0.2) is 39.9 Å². The van der Waals surface area contributed by atoms with E-state index in [1.807, 2.05) is 6.20 Å². The molecule has 2 aromatic rings. The van der Waals surface area contributed by atoms with Gasteiger partial charge in [0.05, 0.1) is 25.5 Å². The molecule has 130 valence electrons. The zero-order valence-corrected chi connectivity index (χ0v) is 14.8. The normalized spacial score (nSPS) is 15.8. The Hall–Kier alpha value is -1.34. The molecule has 6 heteroatoms. The van der Waals surface area contributed by atoms with Crippen LogP contribution in [-0.2, 0) is 22.6 Å². The third-order valence-electron chi connectivity index (χ3n) is 3.91. The minimum atomic E-state index is -0.0935. The number of aryl methyl sites for hydroxylation is 1. The zero-order chi connectivity index (χ0) is 16.8. The van der Waals surface area contributed by atoms with Gasteiger partial charge in [0, 0.05) is 24.9 Å². The standard InChI is InChI=1S/C18H24N2O3S/c1-14-3-5-15(6-4-14)11-20-12-16(13-21)19-18(20)24-10-7-17-22-8-2-9-23-17/h3-6,12,17,21H,2,7-11,13H2,1H3. The summed E-state index contributed by atoms with van der Waals surface area (Å²) in [5, 5.41) is 10.3. The van der Waals surface area contributed by atoms with Crippen molar-refractivity contribution in [2.75, 3.05) is 19.0 Å². The van der Waals surface area contributed by atoms with Gasteiger partial charge in [0.2, 0.25) is 0 Å². The number of ether oxygens (including phenoxy) is 2. The molecule has 0 bridgehead atoms. The Labute approximate surface area is 147 Å². The summed E-state index contributed by atoms with van der Waals surface area (Å²) in [6, 6.07) is 8.49. The molecule has 1 saturated heterocycles. The van der Waals surface area contributed by atoms with Crippen LogP contribution in [0.5, 0.6) is 0 Å². The molecule has 0 amide bonds. The molecule has 0 radical (unpaired) electrons. The first-order chi connectivity index (χ1) is 11.7. The van der Waals surface area contributed by atoms with E-state index in [0.717, 1.165) is 43.5 Å². The van der Waals surface area contributed by atoms with Crippen molar-refractivity contribution in [1.29, 1.82) is 0 Å². The molecular weight excluding hydrogens is 324 g/mol. The van der Waals surface area contributed by atoms with Crippen molar-refractivity contribution < 1.29 is 14.6 Å². The van der Waals surface area contributed by atoms with E-state index in [-0.39, 0.29) is 12.9 Å². The number of aliphatic hydroxyl groups is 1. The minimum absolute atomic E-state index is 0.0384. The molecule has 5 nitrogen and oxygen atoms in total. The van der Waals surface area contributed by atoms with Crippen molar-refractivity contribution in [2.45, 2.75) is 44.4 Å². The van der Waals surface area contributed by atoms with Crippen LogP contribution in [0.3, 0.4) is 0 Å². The Morgan fingerprint density at radius 3 is 2.71 bits per heavy atom. The molecule has 1 aromatic carbocycles. The summed E-state index contributed by atoms with van der Waals surface area (Å²) in [6.07, 6.45) is 3.65. The molecule has 1 aliphatic rings. The van der Waals surface area contributed by atoms with E-state index in [4.69, 9.17) is 9.47 Å². The Kier molecular flexibility index (Phi) is 6.31. The van der Waals surface area contributed by atoms with Gasteiger partial charge in [-0.3, -0.25) is 0 Å². The van der Waals surface area contributed by atoms with Crippen LogP contribution in [0.25, 0.3) is 0 Å². The predicted octanol–water partition coefficient (Wildman–Crippen LogP) is 2.98. The van der Waals surface area contributed by atoms with Gasteiger partial charge in [-0.05, 0) is 18.9 Å². The second-order valence-corrected chi connectivity index (χ2v) is 7.01. The van der Waals surface area contributed by atoms with Gasteiger partial charge in [-0.2, -0.15) is 0 Å². The molecule has 1 N–H and O–H groups in total. The lowest BCUT2D eigenvalue weighted by atomic mass is 10.1. The lowest BCUT2D eigenvalue weighted by molar-refractivity contribution is -0.178. The molecule has 1 aromatic heterocycles. The highest BCUT2D eigenvalue weighted by molar-refractivity contribution is 7.99. The maximum Gasteiger partial charge on any atom is 0.168 e. The summed E-state index contributed by atoms with van der Waals surface area (Å²) < 4.78 is 13.3. The van der Waals surface area contributed by atoms with Crippen LogP contribution in [0, 0.1) is 6.92 Å². The van der Waals surface area contributed by atoms with Crippen molar-refractivity contribution in [3.05, 3.63) is 47.3 Å². The molecule has 0 unspecified atom stereocenters. The molecule has 0 spiro atoms. The Balaban J connectivity index is 1.61. The molecule has 0 saturated carbocycles. The van der Waals surface area contributed by atoms with Crippen molar-refractivity contribution in [3.8, 4) is 0 Å². The topological polar surface area (TPSA) is 56.5 Å². The third-order valence-corrected chi connectivity index (χ3v) is 4.93. The van der Waals surface area contributed by atoms with E-state index in [2.05, 4.69) is 40.7 Å². The van der Waals surface area contributed by atoms with Gasteiger partial charge in [0.25, 0.3) is 0 Å². The highest BCUT2D eigenvalue weighted by Gasteiger charge is 2.15. The number of imidazole rings is 1. The van der Waals surface area contributed by atoms with Crippen LogP contribution in [0.1, 0.15) is 29.7 Å². The van der Waals surface area contributed by atoms with Crippen molar-refractivity contribution in [3.63, 3.8) is 0 Å². The lowest BCUT2D eigenvalue weighted by Crippen LogP contribution is -2.25. The summed E-state index contributed by atoms with van der Waals surface area (Å²) in [6.45, 7) is 4.37. The number of hydrogen-bond donors (Lipinski definition) is 1. The first-order valence-corrected chi connectivity index (χ1v) is 9.31. The number of rotatable bonds is 7. The van der Waals surface area contributed by atoms with E-state index >= 15 is 0 Å². The van der Waals surface area contributed by atoms with Gasteiger partial charge in [0.15, 0.2) is 11.4 Å². The van der Waals surface area contributed by atoms with E-state index in [0.29, 0.717) is 5.69 Å². The van der Waals surface area contributed by atoms with Crippen molar-refractivity contribution in [2.24, 2.45) is 0 Å². The van der Waals surface area contributed by atoms with Crippen LogP contribution in [0.4, 0.5) is 0 Å². The number of aromatic nitrogens is 2. The third kappa shape index (κ3) is 4.83. The fourth-order valence-corrected chi connectivity index (χ4v) is 3.55. The molecule has 2 heterocycles. The van der Waals surface area contributed by atoms with Gasteiger partial charge in [0.1, 0.15) is 0 Å². The Morgan fingerprint density at radius 1 is 1.25 bits per heavy atom. The number of nitrogens with zero attached hydrogens (tertiary/aromatic N) is 2. The molecule has 1 fully saturated rings. The minimum Gasteiger partial charge on any atom is -0.390 e. The number of hydrogen-bond acceptors (Lipinski definition) is 5. The first kappa shape index (κ1) is 17.5. The highest BCUT2D eigenvalue weighted by atomic mass is 32.2. The second kappa shape index (κ2) is 8.67. The summed E-state index contributed by atoms with van der Waals surface area (Å²) >= 11 is 1.68. The SMILES string of the molecule is Cc1ccc(Cn2cc(CO)nc2SCCC2OCCCO2)cc1. The average molecular weight is 348 g/mol.